The molecule has 3 aliphatic rings. The molecule has 0 saturated carbocycles. The van der Waals surface area contributed by atoms with Crippen LogP contribution in [0.3, 0.4) is 0 Å². The maximum Gasteiger partial charge on any atom is 0.0110 e. The zero-order chi connectivity index (χ0) is 52.4. The molecule has 0 spiro atoms. The molecule has 3 saturated heterocycles. The quantitative estimate of drug-likeness (QED) is 0.0294. The van der Waals surface area contributed by atoms with E-state index in [-0.39, 0.29) is 7.43 Å². The fraction of sp³-hybridized carbons (Fsp3) is 1.00. The second-order valence-corrected chi connectivity index (χ2v) is 19.0. The first-order valence-electron chi connectivity index (χ1n) is 29.1. The lowest BCUT2D eigenvalue weighted by atomic mass is 10.2. The predicted molar refractivity (Wildman–Crippen MR) is 317 cm³/mol. The minimum Gasteiger partial charge on any atom is -0.330 e. The van der Waals surface area contributed by atoms with Crippen molar-refractivity contribution < 1.29 is 0 Å². The van der Waals surface area contributed by atoms with E-state index >= 15 is 0 Å². The Morgan fingerprint density at radius 1 is 0.319 bits per heavy atom. The van der Waals surface area contributed by atoms with Crippen LogP contribution < -0.4 is 77.8 Å². The third kappa shape index (κ3) is 55.4. The van der Waals surface area contributed by atoms with Crippen LogP contribution in [0.2, 0.25) is 0 Å². The van der Waals surface area contributed by atoms with Gasteiger partial charge in [-0.25, -0.2) is 0 Å². The lowest BCUT2D eigenvalue weighted by molar-refractivity contribution is 0.131. The third-order valence-corrected chi connectivity index (χ3v) is 12.7. The number of hydrogen-bond donors (Lipinski definition) is 14. The Bertz CT molecular complexity index is 885. The Morgan fingerprint density at radius 2 is 0.694 bits per heavy atom. The van der Waals surface area contributed by atoms with Crippen molar-refractivity contribution in [2.45, 2.75) is 91.9 Å². The Labute approximate surface area is 446 Å². The molecule has 0 amide bonds. The number of unbranched alkanes of at least 4 members (excludes halogenated alkanes) is 6. The minimum atomic E-state index is 0. The van der Waals surface area contributed by atoms with Gasteiger partial charge in [0.15, 0.2) is 0 Å². The van der Waals surface area contributed by atoms with E-state index in [4.69, 9.17) is 45.9 Å². The minimum absolute atomic E-state index is 0. The fourth-order valence-electron chi connectivity index (χ4n) is 8.36. The van der Waals surface area contributed by atoms with Crippen molar-refractivity contribution in [1.29, 1.82) is 0 Å². The molecule has 20 nitrogen and oxygen atoms in total. The molecule has 20 heteroatoms. The normalized spacial score (nSPS) is 15.7. The molecular weight excluding hydrogens is 905 g/mol. The van der Waals surface area contributed by atoms with Gasteiger partial charge in [0.05, 0.1) is 0 Å². The summed E-state index contributed by atoms with van der Waals surface area (Å²) >= 11 is 0. The van der Waals surface area contributed by atoms with Gasteiger partial charge in [-0.15, -0.1) is 0 Å². The maximum absolute atomic E-state index is 5.59. The molecular formula is C52H130N20. The summed E-state index contributed by atoms with van der Waals surface area (Å²) in [7, 11) is 0. The molecule has 0 radical (unpaired) electrons. The SMILES string of the molecule is C.C(CCN1CCNCC1)CCN1CCNCC1.CCCNCCCCCN(CCN)CCN.CCCNCCN(CCN)CCNCCN.NCCCCCN1CCN(CCNCCN)CC1.NCCN. The van der Waals surface area contributed by atoms with E-state index in [2.05, 4.69) is 75.1 Å². The van der Waals surface area contributed by atoms with Crippen LogP contribution in [0.25, 0.3) is 0 Å². The van der Waals surface area contributed by atoms with E-state index in [0.29, 0.717) is 19.6 Å². The van der Waals surface area contributed by atoms with Gasteiger partial charge in [0.25, 0.3) is 0 Å². The van der Waals surface area contributed by atoms with E-state index in [1.807, 2.05) is 0 Å². The highest BCUT2D eigenvalue weighted by Gasteiger charge is 2.16. The maximum atomic E-state index is 5.59. The first-order chi connectivity index (χ1) is 34.9. The number of rotatable bonds is 41. The van der Waals surface area contributed by atoms with Crippen molar-refractivity contribution in [2.75, 3.05) is 249 Å². The lowest BCUT2D eigenvalue weighted by Crippen LogP contribution is -2.48. The van der Waals surface area contributed by atoms with Crippen LogP contribution in [0, 0.1) is 0 Å². The average Bonchev–Trinajstić information content (AvgIpc) is 3.40. The zero-order valence-corrected chi connectivity index (χ0v) is 47.0. The van der Waals surface area contributed by atoms with Gasteiger partial charge in [-0.3, -0.25) is 9.80 Å². The molecule has 0 aromatic carbocycles. The summed E-state index contributed by atoms with van der Waals surface area (Å²) in [6.45, 7) is 44.2. The highest BCUT2D eigenvalue weighted by atomic mass is 15.3. The number of piperazine rings is 3. The smallest absolute Gasteiger partial charge is 0.0110 e. The van der Waals surface area contributed by atoms with Crippen LogP contribution in [-0.2, 0) is 0 Å². The number of nitrogens with two attached hydrogens (primary N) is 8. The molecule has 3 heterocycles. The van der Waals surface area contributed by atoms with E-state index in [0.717, 1.165) is 131 Å². The predicted octanol–water partition coefficient (Wildman–Crippen LogP) is -2.04. The number of nitrogens with one attached hydrogen (secondary N) is 6. The van der Waals surface area contributed by atoms with Crippen LogP contribution in [0.5, 0.6) is 0 Å². The molecule has 0 aliphatic carbocycles. The van der Waals surface area contributed by atoms with Crippen LogP contribution in [-0.4, -0.2) is 278 Å². The lowest BCUT2D eigenvalue weighted by Gasteiger charge is -2.34. The molecule has 0 aromatic heterocycles. The Hall–Kier alpha value is -0.800. The number of hydrogen-bond acceptors (Lipinski definition) is 20. The molecule has 0 atom stereocenters. The van der Waals surface area contributed by atoms with Crippen LogP contribution >= 0.6 is 0 Å². The van der Waals surface area contributed by atoms with E-state index in [9.17, 15) is 0 Å². The second kappa shape index (κ2) is 64.5. The zero-order valence-electron chi connectivity index (χ0n) is 47.0. The van der Waals surface area contributed by atoms with Gasteiger partial charge >= 0.3 is 0 Å². The van der Waals surface area contributed by atoms with Gasteiger partial charge < -0.3 is 97.4 Å². The topological polar surface area (TPSA) is 300 Å². The second-order valence-electron chi connectivity index (χ2n) is 19.0. The van der Waals surface area contributed by atoms with Crippen LogP contribution in [0.4, 0.5) is 0 Å². The summed E-state index contributed by atoms with van der Waals surface area (Å²) in [6, 6.07) is 0. The standard InChI is InChI=1S/C13H31N5.C13H28N4.C12H30N4.C11H29N5.C2H8N2.CH4/c14-4-2-1-3-8-17-10-12-18(13-11-17)9-7-16-6-5-15;1(2-8-16-10-4-14-5-11-16)3-9-17-12-6-15-7-13-17;1-2-8-15-9-4-3-5-10-16(11-6-13)12-7-14;1-2-5-14-7-10-16(9-4-13)11-8-15-6-3-12;3-1-2-4;/h16H,1-15H2;14-15H,1-13H2;15H,2-14H2,1H3;14-15H,2-13H2,1H3;1-4H2;1H4. The summed E-state index contributed by atoms with van der Waals surface area (Å²) in [5.41, 5.74) is 42.9. The van der Waals surface area contributed by atoms with E-state index < -0.39 is 0 Å². The van der Waals surface area contributed by atoms with Gasteiger partial charge in [0.2, 0.25) is 0 Å². The molecule has 438 valence electrons. The first-order valence-corrected chi connectivity index (χ1v) is 29.1. The van der Waals surface area contributed by atoms with Crippen molar-refractivity contribution >= 4 is 0 Å². The number of nitrogens with zero attached hydrogens (tertiary/aromatic N) is 6. The van der Waals surface area contributed by atoms with Gasteiger partial charge in [-0.05, 0) is 104 Å². The van der Waals surface area contributed by atoms with Crippen LogP contribution in [0.15, 0.2) is 0 Å². The van der Waals surface area contributed by atoms with Gasteiger partial charge in [0, 0.05) is 196 Å². The van der Waals surface area contributed by atoms with Gasteiger partial charge in [-0.1, -0.05) is 40.5 Å². The third-order valence-electron chi connectivity index (χ3n) is 12.7. The highest BCUT2D eigenvalue weighted by Crippen LogP contribution is 2.05. The summed E-state index contributed by atoms with van der Waals surface area (Å²) in [6.07, 6.45) is 14.2. The van der Waals surface area contributed by atoms with Crippen molar-refractivity contribution in [2.24, 2.45) is 45.9 Å². The molecule has 0 unspecified atom stereocenters. The van der Waals surface area contributed by atoms with Gasteiger partial charge in [0.1, 0.15) is 0 Å². The highest BCUT2D eigenvalue weighted by molar-refractivity contribution is 4.73. The Morgan fingerprint density at radius 3 is 1.11 bits per heavy atom. The molecule has 3 fully saturated rings. The Kier molecular flexibility index (Phi) is 67.6. The molecule has 0 aromatic rings. The first kappa shape index (κ1) is 75.4. The van der Waals surface area contributed by atoms with E-state index in [1.54, 1.807) is 0 Å². The van der Waals surface area contributed by atoms with E-state index in [1.165, 1.54) is 169 Å². The Balaban J connectivity index is -0.000000856. The van der Waals surface area contributed by atoms with Crippen molar-refractivity contribution in [3.05, 3.63) is 0 Å². The fourth-order valence-corrected chi connectivity index (χ4v) is 8.36. The van der Waals surface area contributed by atoms with Crippen LogP contribution in [0.1, 0.15) is 91.9 Å². The average molecular weight is 1040 g/mol. The summed E-state index contributed by atoms with van der Waals surface area (Å²) in [5.74, 6) is 0. The van der Waals surface area contributed by atoms with Gasteiger partial charge in [-0.2, -0.15) is 0 Å². The van der Waals surface area contributed by atoms with Crippen molar-refractivity contribution in [3.63, 3.8) is 0 Å². The molecule has 3 rings (SSSR count). The molecule has 3 aliphatic heterocycles. The van der Waals surface area contributed by atoms with Crippen molar-refractivity contribution in [3.8, 4) is 0 Å². The summed E-state index contributed by atoms with van der Waals surface area (Å²) in [5, 5.41) is 20.3. The summed E-state index contributed by atoms with van der Waals surface area (Å²) < 4.78 is 0. The molecule has 22 N–H and O–H groups in total. The monoisotopic (exact) mass is 1040 g/mol. The molecule has 72 heavy (non-hydrogen) atoms. The molecule has 0 bridgehead atoms. The largest absolute Gasteiger partial charge is 0.330 e. The van der Waals surface area contributed by atoms with Crippen molar-refractivity contribution in [1.82, 2.24) is 61.3 Å². The summed E-state index contributed by atoms with van der Waals surface area (Å²) in [4.78, 5) is 15.1.